The molecule has 1 aliphatic carbocycles. The molecule has 1 N–H and O–H groups in total. The molecule has 3 rings (SSSR count). The highest BCUT2D eigenvalue weighted by Crippen LogP contribution is 2.35. The molecule has 26 heavy (non-hydrogen) atoms. The second kappa shape index (κ2) is 8.98. The Kier molecular flexibility index (Phi) is 6.44. The van der Waals surface area contributed by atoms with Crippen LogP contribution in [0.4, 0.5) is 5.13 Å². The first kappa shape index (κ1) is 18.6. The molecule has 0 bridgehead atoms. The van der Waals surface area contributed by atoms with E-state index in [9.17, 15) is 4.79 Å². The summed E-state index contributed by atoms with van der Waals surface area (Å²) in [6.45, 7) is 0. The van der Waals surface area contributed by atoms with Gasteiger partial charge in [-0.15, -0.1) is 10.2 Å². The molecule has 0 radical (unpaired) electrons. The average molecular weight is 375 g/mol. The maximum atomic E-state index is 12.2. The SMILES string of the molecule is COc1ccc(CCC(=O)Nc2nnc(C3CCCCC3)s2)cc1OC. The van der Waals surface area contributed by atoms with Gasteiger partial charge in [0.1, 0.15) is 5.01 Å². The van der Waals surface area contributed by atoms with Crippen LogP contribution < -0.4 is 14.8 Å². The van der Waals surface area contributed by atoms with Gasteiger partial charge in [-0.25, -0.2) is 0 Å². The number of hydrogen-bond donors (Lipinski definition) is 1. The monoisotopic (exact) mass is 375 g/mol. The van der Waals surface area contributed by atoms with Crippen molar-refractivity contribution in [3.8, 4) is 11.5 Å². The third kappa shape index (κ3) is 4.72. The van der Waals surface area contributed by atoms with Gasteiger partial charge < -0.3 is 14.8 Å². The minimum atomic E-state index is -0.0499. The largest absolute Gasteiger partial charge is 0.493 e. The smallest absolute Gasteiger partial charge is 0.226 e. The van der Waals surface area contributed by atoms with Crippen molar-refractivity contribution in [1.29, 1.82) is 0 Å². The van der Waals surface area contributed by atoms with Crippen molar-refractivity contribution < 1.29 is 14.3 Å². The molecule has 1 aromatic heterocycles. The van der Waals surface area contributed by atoms with Gasteiger partial charge in [-0.3, -0.25) is 4.79 Å². The molecule has 1 saturated carbocycles. The summed E-state index contributed by atoms with van der Waals surface area (Å²) < 4.78 is 10.5. The van der Waals surface area contributed by atoms with Crippen molar-refractivity contribution in [2.75, 3.05) is 19.5 Å². The summed E-state index contributed by atoms with van der Waals surface area (Å²) >= 11 is 1.51. The molecule has 1 amide bonds. The number of hydrogen-bond acceptors (Lipinski definition) is 6. The maximum Gasteiger partial charge on any atom is 0.226 e. The van der Waals surface area contributed by atoms with Crippen LogP contribution in [-0.4, -0.2) is 30.3 Å². The van der Waals surface area contributed by atoms with Crippen molar-refractivity contribution in [2.45, 2.75) is 50.9 Å². The van der Waals surface area contributed by atoms with E-state index in [0.29, 0.717) is 35.4 Å². The van der Waals surface area contributed by atoms with Crippen molar-refractivity contribution in [3.05, 3.63) is 28.8 Å². The number of anilines is 1. The number of nitrogens with zero attached hydrogens (tertiary/aromatic N) is 2. The lowest BCUT2D eigenvalue weighted by molar-refractivity contribution is -0.116. The summed E-state index contributed by atoms with van der Waals surface area (Å²) in [7, 11) is 3.21. The van der Waals surface area contributed by atoms with Gasteiger partial charge in [0.05, 0.1) is 14.2 Å². The van der Waals surface area contributed by atoms with E-state index in [2.05, 4.69) is 15.5 Å². The molecule has 1 heterocycles. The number of benzene rings is 1. The van der Waals surface area contributed by atoms with E-state index in [1.54, 1.807) is 14.2 Å². The Morgan fingerprint density at radius 1 is 1.15 bits per heavy atom. The Hall–Kier alpha value is -2.15. The van der Waals surface area contributed by atoms with Crippen LogP contribution in [0.1, 0.15) is 55.0 Å². The summed E-state index contributed by atoms with van der Waals surface area (Å²) in [6, 6.07) is 5.70. The first-order valence-corrected chi connectivity index (χ1v) is 9.85. The molecule has 1 fully saturated rings. The van der Waals surface area contributed by atoms with E-state index in [4.69, 9.17) is 9.47 Å². The molecule has 0 atom stereocenters. The van der Waals surface area contributed by atoms with E-state index in [1.807, 2.05) is 18.2 Å². The minimum Gasteiger partial charge on any atom is -0.493 e. The van der Waals surface area contributed by atoms with E-state index in [0.717, 1.165) is 10.6 Å². The zero-order valence-corrected chi connectivity index (χ0v) is 16.1. The lowest BCUT2D eigenvalue weighted by atomic mass is 9.90. The van der Waals surface area contributed by atoms with Crippen molar-refractivity contribution >= 4 is 22.4 Å². The Balaban J connectivity index is 1.52. The van der Waals surface area contributed by atoms with Crippen LogP contribution in [0.25, 0.3) is 0 Å². The lowest BCUT2D eigenvalue weighted by Crippen LogP contribution is -2.12. The summed E-state index contributed by atoms with van der Waals surface area (Å²) in [5.74, 6) is 1.82. The van der Waals surface area contributed by atoms with Gasteiger partial charge in [0.25, 0.3) is 0 Å². The number of carbonyl (C=O) groups is 1. The van der Waals surface area contributed by atoms with Crippen molar-refractivity contribution in [3.63, 3.8) is 0 Å². The Labute approximate surface area is 157 Å². The first-order valence-electron chi connectivity index (χ1n) is 9.03. The molecule has 0 saturated heterocycles. The fourth-order valence-electron chi connectivity index (χ4n) is 3.28. The number of amides is 1. The van der Waals surface area contributed by atoms with Crippen LogP contribution >= 0.6 is 11.3 Å². The highest BCUT2D eigenvalue weighted by molar-refractivity contribution is 7.15. The van der Waals surface area contributed by atoms with E-state index < -0.39 is 0 Å². The minimum absolute atomic E-state index is 0.0499. The summed E-state index contributed by atoms with van der Waals surface area (Å²) in [6.07, 6.45) is 7.21. The van der Waals surface area contributed by atoms with E-state index >= 15 is 0 Å². The lowest BCUT2D eigenvalue weighted by Gasteiger charge is -2.18. The van der Waals surface area contributed by atoms with Gasteiger partial charge in [-0.05, 0) is 37.0 Å². The fourth-order valence-corrected chi connectivity index (χ4v) is 4.20. The van der Waals surface area contributed by atoms with Crippen LogP contribution in [0.3, 0.4) is 0 Å². The quantitative estimate of drug-likeness (QED) is 0.786. The average Bonchev–Trinajstić information content (AvgIpc) is 3.15. The Morgan fingerprint density at radius 2 is 1.92 bits per heavy atom. The highest BCUT2D eigenvalue weighted by atomic mass is 32.1. The standard InChI is InChI=1S/C19H25N3O3S/c1-24-15-10-8-13(12-16(15)25-2)9-11-17(23)20-19-22-21-18(26-19)14-6-4-3-5-7-14/h8,10,12,14H,3-7,9,11H2,1-2H3,(H,20,22,23). The number of aromatic nitrogens is 2. The van der Waals surface area contributed by atoms with Crippen LogP contribution in [0.5, 0.6) is 11.5 Å². The molecule has 0 aliphatic heterocycles. The summed E-state index contributed by atoms with van der Waals surface area (Å²) in [5.41, 5.74) is 1.03. The third-order valence-corrected chi connectivity index (χ3v) is 5.73. The third-order valence-electron chi connectivity index (χ3n) is 4.73. The Morgan fingerprint density at radius 3 is 2.65 bits per heavy atom. The van der Waals surface area contributed by atoms with Gasteiger partial charge in [-0.2, -0.15) is 0 Å². The van der Waals surface area contributed by atoms with Crippen LogP contribution in [0.15, 0.2) is 18.2 Å². The van der Waals surface area contributed by atoms with Crippen LogP contribution in [-0.2, 0) is 11.2 Å². The normalized spacial score (nSPS) is 14.8. The van der Waals surface area contributed by atoms with Gasteiger partial charge in [0.2, 0.25) is 11.0 Å². The predicted molar refractivity (Wildman–Crippen MR) is 102 cm³/mol. The topological polar surface area (TPSA) is 73.3 Å². The van der Waals surface area contributed by atoms with Crippen LogP contribution in [0, 0.1) is 0 Å². The second-order valence-corrected chi connectivity index (χ2v) is 7.53. The van der Waals surface area contributed by atoms with Crippen LogP contribution in [0.2, 0.25) is 0 Å². The van der Waals surface area contributed by atoms with Crippen molar-refractivity contribution in [2.24, 2.45) is 0 Å². The van der Waals surface area contributed by atoms with E-state index in [-0.39, 0.29) is 5.91 Å². The van der Waals surface area contributed by atoms with Gasteiger partial charge in [0.15, 0.2) is 11.5 Å². The molecular formula is C19H25N3O3S. The van der Waals surface area contributed by atoms with Gasteiger partial charge in [-0.1, -0.05) is 36.7 Å². The maximum absolute atomic E-state index is 12.2. The number of aryl methyl sites for hydroxylation is 1. The number of ether oxygens (including phenoxy) is 2. The number of methoxy groups -OCH3 is 2. The molecule has 1 aromatic carbocycles. The zero-order valence-electron chi connectivity index (χ0n) is 15.3. The molecule has 6 nitrogen and oxygen atoms in total. The summed E-state index contributed by atoms with van der Waals surface area (Å²) in [5, 5.41) is 12.9. The summed E-state index contributed by atoms with van der Waals surface area (Å²) in [4.78, 5) is 12.2. The molecular weight excluding hydrogens is 350 g/mol. The molecule has 140 valence electrons. The number of carbonyl (C=O) groups excluding carboxylic acids is 1. The predicted octanol–water partition coefficient (Wildman–Crippen LogP) is 4.17. The first-order chi connectivity index (χ1) is 12.7. The zero-order chi connectivity index (χ0) is 18.4. The number of nitrogens with one attached hydrogen (secondary N) is 1. The number of rotatable bonds is 7. The molecule has 0 spiro atoms. The molecule has 0 unspecified atom stereocenters. The fraction of sp³-hybridized carbons (Fsp3) is 0.526. The van der Waals surface area contributed by atoms with E-state index in [1.165, 1.54) is 43.4 Å². The van der Waals surface area contributed by atoms with Gasteiger partial charge >= 0.3 is 0 Å². The molecule has 1 aliphatic rings. The highest BCUT2D eigenvalue weighted by Gasteiger charge is 2.20. The van der Waals surface area contributed by atoms with Gasteiger partial charge in [0, 0.05) is 12.3 Å². The van der Waals surface area contributed by atoms with Crippen molar-refractivity contribution in [1.82, 2.24) is 10.2 Å². The second-order valence-electron chi connectivity index (χ2n) is 6.52. The molecule has 7 heteroatoms. The Bertz CT molecular complexity index is 741. The molecule has 2 aromatic rings.